The van der Waals surface area contributed by atoms with Gasteiger partial charge in [0.05, 0.1) is 24.1 Å². The molecule has 0 saturated heterocycles. The Morgan fingerprint density at radius 1 is 0.938 bits per heavy atom. The van der Waals surface area contributed by atoms with Crippen LogP contribution in [0.25, 0.3) is 11.0 Å². The van der Waals surface area contributed by atoms with Gasteiger partial charge < -0.3 is 14.6 Å². The highest BCUT2D eigenvalue weighted by atomic mass is 16.5. The maximum atomic E-state index is 12.8. The fraction of sp³-hybridized carbons (Fsp3) is 0.259. The molecule has 164 valence electrons. The average Bonchev–Trinajstić information content (AvgIpc) is 3.11. The molecule has 0 bridgehead atoms. The van der Waals surface area contributed by atoms with E-state index in [4.69, 9.17) is 9.72 Å². The van der Waals surface area contributed by atoms with Crippen LogP contribution in [-0.4, -0.2) is 22.1 Å². The Labute approximate surface area is 189 Å². The van der Waals surface area contributed by atoms with E-state index in [2.05, 4.69) is 41.9 Å². The number of benzene rings is 3. The number of carbonyl (C=O) groups is 1. The van der Waals surface area contributed by atoms with E-state index in [1.807, 2.05) is 56.3 Å². The van der Waals surface area contributed by atoms with Crippen LogP contribution in [0.15, 0.2) is 60.7 Å². The molecule has 3 aromatic carbocycles. The minimum Gasteiger partial charge on any atom is -0.491 e. The molecule has 5 nitrogen and oxygen atoms in total. The summed E-state index contributed by atoms with van der Waals surface area (Å²) in [6.45, 7) is 9.63. The molecule has 0 atom stereocenters. The normalized spacial score (nSPS) is 11.0. The number of rotatable bonds is 7. The lowest BCUT2D eigenvalue weighted by molar-refractivity contribution is 0.0949. The van der Waals surface area contributed by atoms with Crippen LogP contribution in [0.3, 0.4) is 0 Å². The maximum absolute atomic E-state index is 12.8. The Morgan fingerprint density at radius 2 is 1.66 bits per heavy atom. The second-order valence-corrected chi connectivity index (χ2v) is 8.29. The van der Waals surface area contributed by atoms with E-state index >= 15 is 0 Å². The highest BCUT2D eigenvalue weighted by molar-refractivity contribution is 5.95. The Hall–Kier alpha value is -3.60. The van der Waals surface area contributed by atoms with E-state index in [1.54, 1.807) is 0 Å². The fourth-order valence-corrected chi connectivity index (χ4v) is 4.04. The van der Waals surface area contributed by atoms with E-state index in [1.165, 1.54) is 5.56 Å². The third-order valence-electron chi connectivity index (χ3n) is 5.67. The molecular weight excluding hydrogens is 398 g/mol. The Balaban J connectivity index is 1.50. The largest absolute Gasteiger partial charge is 0.491 e. The predicted octanol–water partition coefficient (Wildman–Crippen LogP) is 5.28. The summed E-state index contributed by atoms with van der Waals surface area (Å²) in [6.07, 6.45) is 0. The molecule has 5 heteroatoms. The van der Waals surface area contributed by atoms with Crippen LogP contribution in [0.1, 0.15) is 38.4 Å². The summed E-state index contributed by atoms with van der Waals surface area (Å²) in [5, 5.41) is 3.04. The summed E-state index contributed by atoms with van der Waals surface area (Å²) in [7, 11) is 0. The lowest BCUT2D eigenvalue weighted by Gasteiger charge is -2.13. The van der Waals surface area contributed by atoms with Crippen LogP contribution in [0.2, 0.25) is 0 Å². The monoisotopic (exact) mass is 427 g/mol. The maximum Gasteiger partial charge on any atom is 0.251 e. The molecule has 32 heavy (non-hydrogen) atoms. The Kier molecular flexibility index (Phi) is 6.26. The standard InChI is InChI=1S/C27H29N3O2/c1-18-9-11-22(20(3)15-18)27(31)28-17-26-29-23-7-5-6-8-24(23)30(26)13-14-32-25-12-10-19(2)16-21(25)4/h5-12,15-16H,13-14,17H2,1-4H3,(H,28,31). The second kappa shape index (κ2) is 9.27. The molecule has 1 N–H and O–H groups in total. The molecular formula is C27H29N3O2. The number of nitrogens with zero attached hydrogens (tertiary/aromatic N) is 2. The van der Waals surface area contributed by atoms with Gasteiger partial charge in [0.25, 0.3) is 5.91 Å². The first-order chi connectivity index (χ1) is 15.4. The van der Waals surface area contributed by atoms with Gasteiger partial charge in [0.15, 0.2) is 0 Å². The van der Waals surface area contributed by atoms with Crippen LogP contribution in [-0.2, 0) is 13.1 Å². The number of amides is 1. The lowest BCUT2D eigenvalue weighted by Crippen LogP contribution is -2.26. The van der Waals surface area contributed by atoms with Crippen molar-refractivity contribution in [1.29, 1.82) is 0 Å². The molecule has 1 aromatic heterocycles. The minimum absolute atomic E-state index is 0.0902. The van der Waals surface area contributed by atoms with Crippen molar-refractivity contribution in [3.8, 4) is 5.75 Å². The zero-order valence-corrected chi connectivity index (χ0v) is 19.1. The number of hydrogen-bond donors (Lipinski definition) is 1. The zero-order valence-electron chi connectivity index (χ0n) is 19.1. The van der Waals surface area contributed by atoms with Gasteiger partial charge in [-0.15, -0.1) is 0 Å². The van der Waals surface area contributed by atoms with E-state index in [-0.39, 0.29) is 5.91 Å². The minimum atomic E-state index is -0.0902. The van der Waals surface area contributed by atoms with Crippen molar-refractivity contribution < 1.29 is 9.53 Å². The van der Waals surface area contributed by atoms with Gasteiger partial charge in [-0.2, -0.15) is 0 Å². The molecule has 0 radical (unpaired) electrons. The lowest BCUT2D eigenvalue weighted by atomic mass is 10.1. The molecule has 1 heterocycles. The van der Waals surface area contributed by atoms with E-state index in [9.17, 15) is 4.79 Å². The number of nitrogens with one attached hydrogen (secondary N) is 1. The van der Waals surface area contributed by atoms with E-state index < -0.39 is 0 Å². The van der Waals surface area contributed by atoms with Crippen LogP contribution >= 0.6 is 0 Å². The average molecular weight is 428 g/mol. The smallest absolute Gasteiger partial charge is 0.251 e. The predicted molar refractivity (Wildman–Crippen MR) is 128 cm³/mol. The van der Waals surface area contributed by atoms with Crippen molar-refractivity contribution in [2.75, 3.05) is 6.61 Å². The molecule has 0 fully saturated rings. The van der Waals surface area contributed by atoms with Crippen molar-refractivity contribution in [3.05, 3.63) is 94.3 Å². The fourth-order valence-electron chi connectivity index (χ4n) is 4.04. The van der Waals surface area contributed by atoms with Crippen LogP contribution < -0.4 is 10.1 Å². The van der Waals surface area contributed by atoms with Gasteiger partial charge in [0, 0.05) is 5.56 Å². The first-order valence-corrected chi connectivity index (χ1v) is 10.9. The number of carbonyl (C=O) groups excluding carboxylic acids is 1. The van der Waals surface area contributed by atoms with Gasteiger partial charge in [-0.25, -0.2) is 4.98 Å². The number of aryl methyl sites for hydroxylation is 4. The van der Waals surface area contributed by atoms with E-state index in [0.717, 1.165) is 39.3 Å². The number of imidazole rings is 1. The summed E-state index contributed by atoms with van der Waals surface area (Å²) < 4.78 is 8.18. The van der Waals surface area contributed by atoms with Crippen molar-refractivity contribution in [1.82, 2.24) is 14.9 Å². The van der Waals surface area contributed by atoms with Crippen molar-refractivity contribution in [3.63, 3.8) is 0 Å². The summed E-state index contributed by atoms with van der Waals surface area (Å²) in [6, 6.07) is 20.1. The Bertz CT molecular complexity index is 1270. The molecule has 1 amide bonds. The molecule has 0 unspecified atom stereocenters. The number of fused-ring (bicyclic) bond motifs is 1. The van der Waals surface area contributed by atoms with Crippen molar-refractivity contribution in [2.24, 2.45) is 0 Å². The van der Waals surface area contributed by atoms with Gasteiger partial charge in [-0.05, 0) is 63.1 Å². The number of aromatic nitrogens is 2. The molecule has 4 rings (SSSR count). The van der Waals surface area contributed by atoms with Gasteiger partial charge in [0.2, 0.25) is 0 Å². The van der Waals surface area contributed by atoms with Crippen LogP contribution in [0, 0.1) is 27.7 Å². The molecule has 0 saturated carbocycles. The second-order valence-electron chi connectivity index (χ2n) is 8.29. The molecule has 0 aliphatic heterocycles. The van der Waals surface area contributed by atoms with Crippen molar-refractivity contribution in [2.45, 2.75) is 40.8 Å². The first kappa shape index (κ1) is 21.6. The zero-order chi connectivity index (χ0) is 22.7. The highest BCUT2D eigenvalue weighted by Gasteiger charge is 2.14. The topological polar surface area (TPSA) is 56.1 Å². The summed E-state index contributed by atoms with van der Waals surface area (Å²) >= 11 is 0. The molecule has 4 aromatic rings. The van der Waals surface area contributed by atoms with Crippen LogP contribution in [0.4, 0.5) is 0 Å². The van der Waals surface area contributed by atoms with Gasteiger partial charge in [0.1, 0.15) is 18.2 Å². The third kappa shape index (κ3) is 4.67. The number of ether oxygens (including phenoxy) is 1. The van der Waals surface area contributed by atoms with Gasteiger partial charge in [-0.1, -0.05) is 47.5 Å². The van der Waals surface area contributed by atoms with Crippen LogP contribution in [0.5, 0.6) is 5.75 Å². The van der Waals surface area contributed by atoms with E-state index in [0.29, 0.717) is 25.3 Å². The number of para-hydroxylation sites is 2. The van der Waals surface area contributed by atoms with Gasteiger partial charge >= 0.3 is 0 Å². The summed E-state index contributed by atoms with van der Waals surface area (Å²) in [4.78, 5) is 17.5. The van der Waals surface area contributed by atoms with Crippen molar-refractivity contribution >= 4 is 16.9 Å². The quantitative estimate of drug-likeness (QED) is 0.437. The van der Waals surface area contributed by atoms with Gasteiger partial charge in [-0.3, -0.25) is 4.79 Å². The molecule has 0 spiro atoms. The summed E-state index contributed by atoms with van der Waals surface area (Å²) in [5.41, 5.74) is 7.10. The highest BCUT2D eigenvalue weighted by Crippen LogP contribution is 2.20. The Morgan fingerprint density at radius 3 is 2.41 bits per heavy atom. The number of hydrogen-bond acceptors (Lipinski definition) is 3. The first-order valence-electron chi connectivity index (χ1n) is 10.9. The third-order valence-corrected chi connectivity index (χ3v) is 5.67. The molecule has 0 aliphatic rings. The molecule has 0 aliphatic carbocycles. The summed E-state index contributed by atoms with van der Waals surface area (Å²) in [5.74, 6) is 1.62. The SMILES string of the molecule is Cc1ccc(OCCn2c(CNC(=O)c3ccc(C)cc3C)nc3ccccc32)c(C)c1.